The lowest BCUT2D eigenvalue weighted by Crippen LogP contribution is -2.66. The van der Waals surface area contributed by atoms with Crippen LogP contribution in [-0.2, 0) is 15.6 Å². The monoisotopic (exact) mass is 727 g/mol. The number of piperidine rings is 1. The van der Waals surface area contributed by atoms with Crippen LogP contribution in [0.15, 0.2) is 77.3 Å². The number of rotatable bonds is 11. The molecule has 2 unspecified atom stereocenters. The number of amides is 1. The van der Waals surface area contributed by atoms with E-state index in [1.165, 1.54) is 10.4 Å². The fourth-order valence-electron chi connectivity index (χ4n) is 7.49. The van der Waals surface area contributed by atoms with Gasteiger partial charge in [0, 0.05) is 30.6 Å². The Morgan fingerprint density at radius 2 is 1.46 bits per heavy atom. The largest absolute Gasteiger partial charge is 0.493 e. The standard InChI is InChI=1S/C41H54N2O5Si.C2H7N/c1-29-37(21-19-35-36(42-48-38(29)35)20-18-30-22-24-43(25-23-30)39(44)47-40(2,3)4)45-27-31-26-32(31)28-46-49(41(5,6)7,33-14-10-8-11-15-33)34-16-12-9-13-17-34;1-3-2/h8-17,19,21,30-32H,18,20,22-28H2,1-7H3;3H,1-2H3. The van der Waals surface area contributed by atoms with Gasteiger partial charge in [-0.05, 0) is 119 Å². The van der Waals surface area contributed by atoms with Crippen LogP contribution in [0.4, 0.5) is 4.79 Å². The van der Waals surface area contributed by atoms with Gasteiger partial charge >= 0.3 is 6.09 Å². The van der Waals surface area contributed by atoms with Crippen LogP contribution in [0.2, 0.25) is 5.04 Å². The molecule has 4 aromatic rings. The van der Waals surface area contributed by atoms with E-state index in [-0.39, 0.29) is 11.1 Å². The highest BCUT2D eigenvalue weighted by Crippen LogP contribution is 2.43. The molecule has 282 valence electrons. The number of hydrogen-bond donors (Lipinski definition) is 1. The zero-order chi connectivity index (χ0) is 37.5. The first kappa shape index (κ1) is 39.5. The summed E-state index contributed by atoms with van der Waals surface area (Å²) >= 11 is 0. The summed E-state index contributed by atoms with van der Waals surface area (Å²) in [7, 11) is 1.21. The number of ether oxygens (including phenoxy) is 2. The number of hydrogen-bond acceptors (Lipinski definition) is 7. The molecule has 0 spiro atoms. The van der Waals surface area contributed by atoms with E-state index in [9.17, 15) is 4.79 Å². The quantitative estimate of drug-likeness (QED) is 0.156. The molecule has 3 aromatic carbocycles. The zero-order valence-electron chi connectivity index (χ0n) is 33.0. The van der Waals surface area contributed by atoms with Crippen LogP contribution in [-0.4, -0.2) is 70.5 Å². The van der Waals surface area contributed by atoms with Crippen molar-refractivity contribution in [3.05, 3.63) is 84.1 Å². The number of fused-ring (bicyclic) bond motifs is 1. The lowest BCUT2D eigenvalue weighted by Gasteiger charge is -2.43. The van der Waals surface area contributed by atoms with E-state index >= 15 is 0 Å². The van der Waals surface area contributed by atoms with Gasteiger partial charge in [-0.2, -0.15) is 0 Å². The fraction of sp³-hybridized carbons (Fsp3) is 0.535. The van der Waals surface area contributed by atoms with Gasteiger partial charge in [-0.1, -0.05) is 86.6 Å². The minimum atomic E-state index is -2.54. The molecule has 6 rings (SSSR count). The summed E-state index contributed by atoms with van der Waals surface area (Å²) in [6.45, 7) is 17.7. The van der Waals surface area contributed by atoms with Gasteiger partial charge in [-0.3, -0.25) is 0 Å². The van der Waals surface area contributed by atoms with E-state index in [2.05, 4.69) is 111 Å². The maximum Gasteiger partial charge on any atom is 0.410 e. The average Bonchev–Trinajstić information content (AvgIpc) is 3.73. The minimum Gasteiger partial charge on any atom is -0.493 e. The Hall–Kier alpha value is -3.66. The molecule has 8 nitrogen and oxygen atoms in total. The Balaban J connectivity index is 0.00000168. The van der Waals surface area contributed by atoms with Gasteiger partial charge < -0.3 is 28.6 Å². The Morgan fingerprint density at radius 1 is 0.885 bits per heavy atom. The third kappa shape index (κ3) is 9.46. The molecule has 2 heterocycles. The normalized spacial score (nSPS) is 18.1. The van der Waals surface area contributed by atoms with Crippen LogP contribution in [0.3, 0.4) is 0 Å². The van der Waals surface area contributed by atoms with E-state index < -0.39 is 13.9 Å². The number of carbonyl (C=O) groups is 1. The van der Waals surface area contributed by atoms with Gasteiger partial charge in [0.25, 0.3) is 8.32 Å². The molecular formula is C43H61N3O5Si. The summed E-state index contributed by atoms with van der Waals surface area (Å²) in [5, 5.41) is 10.9. The van der Waals surface area contributed by atoms with Crippen LogP contribution in [0.1, 0.15) is 78.5 Å². The van der Waals surface area contributed by atoms with Crippen LogP contribution in [0, 0.1) is 24.7 Å². The SMILES string of the molecule is CNC.Cc1c(OCC2CC2CO[Si](c2ccccc2)(c2ccccc2)C(C)(C)C)ccc2c(CCC3CCN(C(=O)OC(C)(C)C)CC3)noc12. The second kappa shape index (κ2) is 17.0. The summed E-state index contributed by atoms with van der Waals surface area (Å²) in [4.78, 5) is 14.3. The van der Waals surface area contributed by atoms with Crippen molar-refractivity contribution in [3.8, 4) is 5.75 Å². The molecule has 1 N–H and O–H groups in total. The number of aromatic nitrogens is 1. The summed E-state index contributed by atoms with van der Waals surface area (Å²) in [6, 6.07) is 25.9. The van der Waals surface area contributed by atoms with Crippen LogP contribution < -0.4 is 20.4 Å². The van der Waals surface area contributed by atoms with E-state index in [0.717, 1.165) is 79.8 Å². The number of carbonyl (C=O) groups excluding carboxylic acids is 1. The fourth-order valence-corrected chi connectivity index (χ4v) is 12.1. The second-order valence-electron chi connectivity index (χ2n) is 16.7. The van der Waals surface area contributed by atoms with Gasteiger partial charge in [0.1, 0.15) is 11.4 Å². The first-order chi connectivity index (χ1) is 24.8. The molecule has 1 saturated heterocycles. The first-order valence-corrected chi connectivity index (χ1v) is 21.0. The van der Waals surface area contributed by atoms with E-state index in [1.807, 2.05) is 39.8 Å². The molecule has 1 aromatic heterocycles. The Kier molecular flexibility index (Phi) is 12.9. The summed E-state index contributed by atoms with van der Waals surface area (Å²) in [5.41, 5.74) is 2.35. The highest BCUT2D eigenvalue weighted by molar-refractivity contribution is 6.99. The van der Waals surface area contributed by atoms with Crippen molar-refractivity contribution < 1.29 is 23.2 Å². The van der Waals surface area contributed by atoms with Crippen molar-refractivity contribution in [2.75, 3.05) is 40.4 Å². The molecule has 0 radical (unpaired) electrons. The highest BCUT2D eigenvalue weighted by Gasteiger charge is 2.51. The van der Waals surface area contributed by atoms with Gasteiger partial charge in [-0.15, -0.1) is 0 Å². The number of aryl methyl sites for hydroxylation is 2. The smallest absolute Gasteiger partial charge is 0.410 e. The molecule has 1 aliphatic carbocycles. The highest BCUT2D eigenvalue weighted by atomic mass is 28.4. The molecule has 9 heteroatoms. The van der Waals surface area contributed by atoms with E-state index in [4.69, 9.17) is 18.4 Å². The van der Waals surface area contributed by atoms with Crippen molar-refractivity contribution in [2.45, 2.75) is 91.2 Å². The number of likely N-dealkylation sites (tertiary alicyclic amines) is 1. The average molecular weight is 728 g/mol. The number of nitrogens with one attached hydrogen (secondary N) is 1. The predicted molar refractivity (Wildman–Crippen MR) is 213 cm³/mol. The van der Waals surface area contributed by atoms with Crippen molar-refractivity contribution >= 4 is 35.8 Å². The maximum atomic E-state index is 12.4. The van der Waals surface area contributed by atoms with Gasteiger partial charge in [0.15, 0.2) is 5.58 Å². The predicted octanol–water partition coefficient (Wildman–Crippen LogP) is 8.14. The Bertz CT molecular complexity index is 1680. The van der Waals surface area contributed by atoms with Crippen molar-refractivity contribution in [2.24, 2.45) is 17.8 Å². The maximum absolute atomic E-state index is 12.4. The van der Waals surface area contributed by atoms with Gasteiger partial charge in [-0.25, -0.2) is 4.79 Å². The molecule has 52 heavy (non-hydrogen) atoms. The third-order valence-corrected chi connectivity index (χ3v) is 15.4. The molecular weight excluding hydrogens is 667 g/mol. The Morgan fingerprint density at radius 3 is 2.02 bits per heavy atom. The Labute approximate surface area is 312 Å². The number of nitrogens with zero attached hydrogens (tertiary/aromatic N) is 2. The molecule has 1 aliphatic heterocycles. The topological polar surface area (TPSA) is 86.1 Å². The lowest BCUT2D eigenvalue weighted by atomic mass is 9.91. The lowest BCUT2D eigenvalue weighted by molar-refractivity contribution is 0.0181. The zero-order valence-corrected chi connectivity index (χ0v) is 34.0. The molecule has 1 amide bonds. The van der Waals surface area contributed by atoms with Crippen molar-refractivity contribution in [1.82, 2.24) is 15.4 Å². The molecule has 2 fully saturated rings. The third-order valence-electron chi connectivity index (χ3n) is 10.4. The van der Waals surface area contributed by atoms with Gasteiger partial charge in [0.05, 0.1) is 12.3 Å². The second-order valence-corrected chi connectivity index (χ2v) is 21.0. The minimum absolute atomic E-state index is 0.0293. The number of benzene rings is 3. The van der Waals surface area contributed by atoms with Gasteiger partial charge in [0.2, 0.25) is 0 Å². The van der Waals surface area contributed by atoms with Crippen LogP contribution in [0.5, 0.6) is 5.75 Å². The van der Waals surface area contributed by atoms with E-state index in [1.54, 1.807) is 0 Å². The summed E-state index contributed by atoms with van der Waals surface area (Å²) < 4.78 is 25.0. The first-order valence-electron chi connectivity index (χ1n) is 19.1. The van der Waals surface area contributed by atoms with Crippen molar-refractivity contribution in [3.63, 3.8) is 0 Å². The summed E-state index contributed by atoms with van der Waals surface area (Å²) in [6.07, 6.45) is 4.76. The van der Waals surface area contributed by atoms with Crippen molar-refractivity contribution in [1.29, 1.82) is 0 Å². The molecule has 0 bridgehead atoms. The van der Waals surface area contributed by atoms with E-state index in [0.29, 0.717) is 24.4 Å². The molecule has 2 atom stereocenters. The molecule has 1 saturated carbocycles. The summed E-state index contributed by atoms with van der Waals surface area (Å²) in [5.74, 6) is 2.38. The van der Waals surface area contributed by atoms with Crippen LogP contribution >= 0.6 is 0 Å². The van der Waals surface area contributed by atoms with Crippen LogP contribution in [0.25, 0.3) is 11.0 Å². The molecule has 2 aliphatic rings.